The first-order valence-electron chi connectivity index (χ1n) is 4.53. The molecule has 0 spiro atoms. The van der Waals surface area contributed by atoms with E-state index in [9.17, 15) is 8.78 Å². The third-order valence-electron chi connectivity index (χ3n) is 2.21. The highest BCUT2D eigenvalue weighted by Gasteiger charge is 2.16. The normalized spacial score (nSPS) is 22.3. The van der Waals surface area contributed by atoms with E-state index in [1.807, 2.05) is 0 Å². The second kappa shape index (κ2) is 4.02. The molecule has 1 saturated heterocycles. The van der Waals surface area contributed by atoms with Crippen LogP contribution in [-0.2, 0) is 4.74 Å². The molecule has 0 aromatic heterocycles. The number of nitrogens with one attached hydrogen (secondary N) is 1. The van der Waals surface area contributed by atoms with Crippen molar-refractivity contribution in [3.63, 3.8) is 0 Å². The predicted molar refractivity (Wildman–Crippen MR) is 47.9 cm³/mol. The van der Waals surface area contributed by atoms with Crippen molar-refractivity contribution in [3.05, 3.63) is 35.4 Å². The van der Waals surface area contributed by atoms with E-state index < -0.39 is 11.6 Å². The summed E-state index contributed by atoms with van der Waals surface area (Å²) >= 11 is 0. The number of hydrogen-bond acceptors (Lipinski definition) is 2. The molecule has 0 aliphatic carbocycles. The van der Waals surface area contributed by atoms with Gasteiger partial charge in [-0.2, -0.15) is 0 Å². The largest absolute Gasteiger partial charge is 0.378 e. The van der Waals surface area contributed by atoms with Crippen LogP contribution in [0.2, 0.25) is 0 Å². The topological polar surface area (TPSA) is 21.3 Å². The lowest BCUT2D eigenvalue weighted by Crippen LogP contribution is -2.34. The van der Waals surface area contributed by atoms with E-state index in [2.05, 4.69) is 5.32 Å². The molecule has 1 N–H and O–H groups in total. The fraction of sp³-hybridized carbons (Fsp3) is 0.400. The van der Waals surface area contributed by atoms with Crippen LogP contribution in [0.25, 0.3) is 0 Å². The molecule has 1 atom stereocenters. The Morgan fingerprint density at radius 3 is 2.50 bits per heavy atom. The first-order chi connectivity index (χ1) is 6.75. The molecule has 1 heterocycles. The van der Waals surface area contributed by atoms with E-state index in [1.54, 1.807) is 0 Å². The lowest BCUT2D eigenvalue weighted by molar-refractivity contribution is 0.0767. The SMILES string of the molecule is Fc1cc(F)cc([C@H]2COCCN2)c1. The lowest BCUT2D eigenvalue weighted by atomic mass is 10.1. The van der Waals surface area contributed by atoms with Crippen molar-refractivity contribution in [3.8, 4) is 0 Å². The van der Waals surface area contributed by atoms with Crippen LogP contribution >= 0.6 is 0 Å². The standard InChI is InChI=1S/C10H11F2NO/c11-8-3-7(4-9(12)5-8)10-6-14-2-1-13-10/h3-5,10,13H,1-2,6H2/t10-/m1/s1. The number of halogens is 2. The predicted octanol–water partition coefficient (Wildman–Crippen LogP) is 1.63. The molecule has 14 heavy (non-hydrogen) atoms. The summed E-state index contributed by atoms with van der Waals surface area (Å²) in [5, 5.41) is 3.13. The average Bonchev–Trinajstić information content (AvgIpc) is 2.18. The van der Waals surface area contributed by atoms with Crippen molar-refractivity contribution < 1.29 is 13.5 Å². The zero-order chi connectivity index (χ0) is 9.97. The number of benzene rings is 1. The maximum Gasteiger partial charge on any atom is 0.126 e. The number of morpholine rings is 1. The summed E-state index contributed by atoms with van der Waals surface area (Å²) in [6, 6.07) is 3.42. The van der Waals surface area contributed by atoms with Gasteiger partial charge >= 0.3 is 0 Å². The van der Waals surface area contributed by atoms with Gasteiger partial charge in [0.15, 0.2) is 0 Å². The molecule has 0 amide bonds. The van der Waals surface area contributed by atoms with Gasteiger partial charge in [-0.1, -0.05) is 0 Å². The van der Waals surface area contributed by atoms with Gasteiger partial charge in [-0.25, -0.2) is 8.78 Å². The van der Waals surface area contributed by atoms with Crippen molar-refractivity contribution in [1.29, 1.82) is 0 Å². The van der Waals surface area contributed by atoms with Crippen LogP contribution in [0.1, 0.15) is 11.6 Å². The zero-order valence-electron chi connectivity index (χ0n) is 7.59. The Labute approximate surface area is 80.9 Å². The minimum absolute atomic E-state index is 0.103. The fourth-order valence-electron chi connectivity index (χ4n) is 1.56. The van der Waals surface area contributed by atoms with Gasteiger partial charge in [-0.15, -0.1) is 0 Å². The molecule has 1 aromatic rings. The summed E-state index contributed by atoms with van der Waals surface area (Å²) in [4.78, 5) is 0. The minimum atomic E-state index is -0.549. The molecule has 0 bridgehead atoms. The number of hydrogen-bond donors (Lipinski definition) is 1. The first kappa shape index (κ1) is 9.55. The van der Waals surface area contributed by atoms with Gasteiger partial charge in [0.1, 0.15) is 11.6 Å². The summed E-state index contributed by atoms with van der Waals surface area (Å²) in [6.07, 6.45) is 0. The monoisotopic (exact) mass is 199 g/mol. The van der Waals surface area contributed by atoms with E-state index in [4.69, 9.17) is 4.74 Å². The Morgan fingerprint density at radius 1 is 1.21 bits per heavy atom. The van der Waals surface area contributed by atoms with E-state index in [1.165, 1.54) is 12.1 Å². The first-order valence-corrected chi connectivity index (χ1v) is 4.53. The van der Waals surface area contributed by atoms with Crippen molar-refractivity contribution in [2.45, 2.75) is 6.04 Å². The van der Waals surface area contributed by atoms with Gasteiger partial charge in [0.2, 0.25) is 0 Å². The van der Waals surface area contributed by atoms with Crippen molar-refractivity contribution >= 4 is 0 Å². The third-order valence-corrected chi connectivity index (χ3v) is 2.21. The van der Waals surface area contributed by atoms with Crippen molar-refractivity contribution in [2.24, 2.45) is 0 Å². The molecular formula is C10H11F2NO. The van der Waals surface area contributed by atoms with Crippen molar-refractivity contribution in [2.75, 3.05) is 19.8 Å². The second-order valence-corrected chi connectivity index (χ2v) is 3.28. The van der Waals surface area contributed by atoms with Gasteiger partial charge in [0, 0.05) is 12.6 Å². The van der Waals surface area contributed by atoms with E-state index in [0.29, 0.717) is 25.3 Å². The molecule has 1 aliphatic rings. The summed E-state index contributed by atoms with van der Waals surface area (Å²) in [5.41, 5.74) is 0.599. The van der Waals surface area contributed by atoms with Gasteiger partial charge in [0.25, 0.3) is 0 Å². The van der Waals surface area contributed by atoms with E-state index in [0.717, 1.165) is 6.07 Å². The van der Waals surface area contributed by atoms with Crippen molar-refractivity contribution in [1.82, 2.24) is 5.32 Å². The third kappa shape index (κ3) is 2.08. The second-order valence-electron chi connectivity index (χ2n) is 3.28. The van der Waals surface area contributed by atoms with Crippen LogP contribution in [0, 0.1) is 11.6 Å². The van der Waals surface area contributed by atoms with Gasteiger partial charge in [0.05, 0.1) is 19.3 Å². The summed E-state index contributed by atoms with van der Waals surface area (Å²) in [6.45, 7) is 1.82. The molecule has 0 saturated carbocycles. The van der Waals surface area contributed by atoms with Crippen LogP contribution in [-0.4, -0.2) is 19.8 Å². The van der Waals surface area contributed by atoms with E-state index in [-0.39, 0.29) is 6.04 Å². The quantitative estimate of drug-likeness (QED) is 0.742. The highest BCUT2D eigenvalue weighted by molar-refractivity contribution is 5.21. The van der Waals surface area contributed by atoms with Crippen LogP contribution < -0.4 is 5.32 Å². The molecule has 76 valence electrons. The average molecular weight is 199 g/mol. The smallest absolute Gasteiger partial charge is 0.126 e. The molecule has 0 radical (unpaired) electrons. The van der Waals surface area contributed by atoms with Crippen LogP contribution in [0.4, 0.5) is 8.78 Å². The summed E-state index contributed by atoms with van der Waals surface area (Å²) in [7, 11) is 0. The Morgan fingerprint density at radius 2 is 1.93 bits per heavy atom. The molecule has 2 rings (SSSR count). The van der Waals surface area contributed by atoms with Crippen LogP contribution in [0.5, 0.6) is 0 Å². The molecule has 1 fully saturated rings. The molecule has 1 aromatic carbocycles. The van der Waals surface area contributed by atoms with Gasteiger partial charge < -0.3 is 10.1 Å². The maximum atomic E-state index is 12.9. The Balaban J connectivity index is 2.21. The Kier molecular flexibility index (Phi) is 2.74. The maximum absolute atomic E-state index is 12.9. The minimum Gasteiger partial charge on any atom is -0.378 e. The molecule has 4 heteroatoms. The lowest BCUT2D eigenvalue weighted by Gasteiger charge is -2.24. The fourth-order valence-corrected chi connectivity index (χ4v) is 1.56. The summed E-state index contributed by atoms with van der Waals surface area (Å²) < 4.78 is 31.0. The summed E-state index contributed by atoms with van der Waals surface area (Å²) in [5.74, 6) is -1.10. The number of rotatable bonds is 1. The molecule has 1 aliphatic heterocycles. The Hall–Kier alpha value is -1.00. The molecular weight excluding hydrogens is 188 g/mol. The highest BCUT2D eigenvalue weighted by atomic mass is 19.1. The molecule has 2 nitrogen and oxygen atoms in total. The van der Waals surface area contributed by atoms with E-state index >= 15 is 0 Å². The van der Waals surface area contributed by atoms with Gasteiger partial charge in [-0.05, 0) is 17.7 Å². The number of ether oxygens (including phenoxy) is 1. The van der Waals surface area contributed by atoms with Gasteiger partial charge in [-0.3, -0.25) is 0 Å². The van der Waals surface area contributed by atoms with Crippen LogP contribution in [0.15, 0.2) is 18.2 Å². The van der Waals surface area contributed by atoms with Crippen LogP contribution in [0.3, 0.4) is 0 Å². The highest BCUT2D eigenvalue weighted by Crippen LogP contribution is 2.18. The zero-order valence-corrected chi connectivity index (χ0v) is 7.59. The Bertz CT molecular complexity index is 304. The molecule has 0 unspecified atom stereocenters.